The van der Waals surface area contributed by atoms with Crippen molar-refractivity contribution in [3.8, 4) is 0 Å². The molecule has 0 unspecified atom stereocenters. The molecule has 4 aromatic rings. The minimum Gasteiger partial charge on any atom is -0.355 e. The van der Waals surface area contributed by atoms with E-state index < -0.39 is 0 Å². The van der Waals surface area contributed by atoms with Crippen LogP contribution in [0.4, 0.5) is 22.7 Å². The molecule has 0 atom stereocenters. The highest BCUT2D eigenvalue weighted by atomic mass is 32.2. The summed E-state index contributed by atoms with van der Waals surface area (Å²) in [7, 11) is 0. The van der Waals surface area contributed by atoms with Crippen molar-refractivity contribution in [2.75, 3.05) is 23.7 Å². The van der Waals surface area contributed by atoms with Gasteiger partial charge >= 0.3 is 0 Å². The summed E-state index contributed by atoms with van der Waals surface area (Å²) in [6.45, 7) is 1.82. The van der Waals surface area contributed by atoms with Crippen molar-refractivity contribution >= 4 is 45.9 Å². The van der Waals surface area contributed by atoms with Gasteiger partial charge in [-0.15, -0.1) is 0 Å². The maximum absolute atomic E-state index is 4.37. The molecule has 2 aliphatic rings. The molecule has 0 fully saturated rings. The van der Waals surface area contributed by atoms with Crippen LogP contribution in [0.25, 0.3) is 0 Å². The van der Waals surface area contributed by atoms with Crippen molar-refractivity contribution in [1.29, 1.82) is 0 Å². The second kappa shape index (κ2) is 10.8. The van der Waals surface area contributed by atoms with Crippen molar-refractivity contribution in [2.45, 2.75) is 22.6 Å². The Hall–Kier alpha value is -4.23. The first-order valence-corrected chi connectivity index (χ1v) is 13.3. The van der Waals surface area contributed by atoms with E-state index in [1.165, 1.54) is 11.1 Å². The van der Waals surface area contributed by atoms with Gasteiger partial charge in [-0.2, -0.15) is 10.2 Å². The molecule has 0 bridgehead atoms. The van der Waals surface area contributed by atoms with Crippen molar-refractivity contribution in [3.05, 3.63) is 108 Å². The second-order valence-electron chi connectivity index (χ2n) is 8.93. The zero-order valence-corrected chi connectivity index (χ0v) is 21.2. The van der Waals surface area contributed by atoms with E-state index in [9.17, 15) is 0 Å². The van der Waals surface area contributed by atoms with E-state index in [0.717, 1.165) is 69.9 Å². The molecule has 4 N–H and O–H groups in total. The molecule has 4 aromatic carbocycles. The summed E-state index contributed by atoms with van der Waals surface area (Å²) in [4.78, 5) is 2.32. The third-order valence-electron chi connectivity index (χ3n) is 6.36. The van der Waals surface area contributed by atoms with Crippen molar-refractivity contribution in [1.82, 2.24) is 10.9 Å². The Balaban J connectivity index is 1.18. The van der Waals surface area contributed by atoms with Crippen LogP contribution in [0.15, 0.2) is 117 Å². The van der Waals surface area contributed by atoms with Crippen LogP contribution in [-0.4, -0.2) is 24.5 Å². The first-order chi connectivity index (χ1) is 18.3. The minimum atomic E-state index is 0.912. The van der Waals surface area contributed by atoms with Crippen LogP contribution in [0.1, 0.15) is 24.0 Å². The maximum Gasteiger partial charge on any atom is 0.0693 e. The lowest BCUT2D eigenvalue weighted by Gasteiger charge is -2.15. The number of anilines is 4. The fourth-order valence-corrected chi connectivity index (χ4v) is 5.41. The largest absolute Gasteiger partial charge is 0.355 e. The molecule has 184 valence electrons. The molecule has 0 aromatic heterocycles. The zero-order valence-electron chi connectivity index (χ0n) is 20.4. The van der Waals surface area contributed by atoms with E-state index in [-0.39, 0.29) is 0 Å². The van der Waals surface area contributed by atoms with Crippen LogP contribution >= 0.6 is 11.8 Å². The summed E-state index contributed by atoms with van der Waals surface area (Å²) in [5.74, 6) is 0. The molecule has 0 spiro atoms. The number of hydrogen-bond donors (Lipinski definition) is 4. The molecule has 0 amide bonds. The molecule has 0 radical (unpaired) electrons. The van der Waals surface area contributed by atoms with Crippen LogP contribution in [0.2, 0.25) is 0 Å². The fraction of sp³-hybridized carbons (Fsp3) is 0.133. The van der Waals surface area contributed by atoms with Crippen molar-refractivity contribution in [2.24, 2.45) is 10.2 Å². The Labute approximate surface area is 221 Å². The van der Waals surface area contributed by atoms with Crippen LogP contribution in [0, 0.1) is 0 Å². The van der Waals surface area contributed by atoms with Gasteiger partial charge in [-0.3, -0.25) is 0 Å². The average molecular weight is 505 g/mol. The SMILES string of the molecule is c1ccc(Sc2ccccc2Nc2ccc(C3=NNCC3)cc2)c(Nc2ccc(C3=NNCC3)cc2)c1. The molecule has 6 rings (SSSR count). The third kappa shape index (κ3) is 5.47. The van der Waals surface area contributed by atoms with Gasteiger partial charge in [-0.1, -0.05) is 60.3 Å². The molecule has 37 heavy (non-hydrogen) atoms. The van der Waals surface area contributed by atoms with E-state index in [1.54, 1.807) is 11.8 Å². The maximum atomic E-state index is 4.37. The smallest absolute Gasteiger partial charge is 0.0693 e. The Morgan fingerprint density at radius 3 is 1.38 bits per heavy atom. The average Bonchev–Trinajstić information content (AvgIpc) is 3.67. The van der Waals surface area contributed by atoms with Gasteiger partial charge in [0, 0.05) is 47.1 Å². The van der Waals surface area contributed by atoms with Crippen LogP contribution in [0.5, 0.6) is 0 Å². The van der Waals surface area contributed by atoms with E-state index in [2.05, 4.69) is 129 Å². The number of nitrogens with zero attached hydrogens (tertiary/aromatic N) is 2. The monoisotopic (exact) mass is 504 g/mol. The third-order valence-corrected chi connectivity index (χ3v) is 7.52. The number of benzene rings is 4. The Kier molecular flexibility index (Phi) is 6.77. The highest BCUT2D eigenvalue weighted by Crippen LogP contribution is 2.39. The van der Waals surface area contributed by atoms with Gasteiger partial charge in [0.1, 0.15) is 0 Å². The van der Waals surface area contributed by atoms with Crippen LogP contribution in [-0.2, 0) is 0 Å². The highest BCUT2D eigenvalue weighted by Gasteiger charge is 2.12. The van der Waals surface area contributed by atoms with Gasteiger partial charge in [0.2, 0.25) is 0 Å². The van der Waals surface area contributed by atoms with E-state index in [4.69, 9.17) is 0 Å². The van der Waals surface area contributed by atoms with Crippen LogP contribution < -0.4 is 21.5 Å². The second-order valence-corrected chi connectivity index (χ2v) is 10.0. The number of rotatable bonds is 8. The van der Waals surface area contributed by atoms with Gasteiger partial charge in [0.15, 0.2) is 0 Å². The van der Waals surface area contributed by atoms with Gasteiger partial charge in [-0.05, 0) is 59.7 Å². The zero-order chi connectivity index (χ0) is 24.9. The number of hydrazone groups is 2. The topological polar surface area (TPSA) is 72.8 Å². The lowest BCUT2D eigenvalue weighted by molar-refractivity contribution is 0.813. The first kappa shape index (κ1) is 23.2. The van der Waals surface area contributed by atoms with E-state index >= 15 is 0 Å². The highest BCUT2D eigenvalue weighted by molar-refractivity contribution is 7.99. The summed E-state index contributed by atoms with van der Waals surface area (Å²) in [6, 6.07) is 33.8. The standard InChI is InChI=1S/C30H28N6S/c1-3-7-29(27(5-1)33-23-13-9-21(10-14-23)25-17-19-31-35-25)37-30-8-4-2-6-28(30)34-24-15-11-22(12-16-24)26-18-20-32-36-26/h1-16,31-34H,17-20H2. The normalized spacial score (nSPS) is 14.4. The summed E-state index contributed by atoms with van der Waals surface area (Å²) in [5, 5.41) is 15.9. The predicted molar refractivity (Wildman–Crippen MR) is 155 cm³/mol. The Bertz CT molecular complexity index is 1330. The predicted octanol–water partition coefficient (Wildman–Crippen LogP) is 6.72. The molecule has 0 aliphatic carbocycles. The first-order valence-electron chi connectivity index (χ1n) is 12.5. The lowest BCUT2D eigenvalue weighted by atomic mass is 10.1. The molecular formula is C30H28N6S. The Morgan fingerprint density at radius 2 is 0.973 bits per heavy atom. The molecule has 7 heteroatoms. The minimum absolute atomic E-state index is 0.912. The molecule has 0 saturated carbocycles. The quantitative estimate of drug-likeness (QED) is 0.214. The van der Waals surface area contributed by atoms with Gasteiger partial charge < -0.3 is 21.5 Å². The summed E-state index contributed by atoms with van der Waals surface area (Å²) in [6.07, 6.45) is 1.94. The van der Waals surface area contributed by atoms with Crippen molar-refractivity contribution < 1.29 is 0 Å². The van der Waals surface area contributed by atoms with Gasteiger partial charge in [0.05, 0.1) is 22.8 Å². The van der Waals surface area contributed by atoms with Crippen LogP contribution in [0.3, 0.4) is 0 Å². The number of para-hydroxylation sites is 2. The molecule has 6 nitrogen and oxygen atoms in total. The van der Waals surface area contributed by atoms with Gasteiger partial charge in [0.25, 0.3) is 0 Å². The summed E-state index contributed by atoms with van der Waals surface area (Å²) in [5.41, 5.74) is 14.9. The number of hydrogen-bond acceptors (Lipinski definition) is 7. The number of nitrogens with one attached hydrogen (secondary N) is 4. The van der Waals surface area contributed by atoms with E-state index in [1.807, 2.05) is 0 Å². The summed E-state index contributed by atoms with van der Waals surface area (Å²) >= 11 is 1.75. The van der Waals surface area contributed by atoms with Crippen molar-refractivity contribution in [3.63, 3.8) is 0 Å². The van der Waals surface area contributed by atoms with Gasteiger partial charge in [-0.25, -0.2) is 0 Å². The molecular weight excluding hydrogens is 476 g/mol. The van der Waals surface area contributed by atoms with E-state index in [0.29, 0.717) is 0 Å². The Morgan fingerprint density at radius 1 is 0.541 bits per heavy atom. The fourth-order valence-electron chi connectivity index (χ4n) is 4.42. The summed E-state index contributed by atoms with van der Waals surface area (Å²) < 4.78 is 0. The lowest BCUT2D eigenvalue weighted by Crippen LogP contribution is -1.99. The molecule has 0 saturated heterocycles. The molecule has 2 heterocycles. The molecule has 2 aliphatic heterocycles.